The first-order valence-electron chi connectivity index (χ1n) is 8.55. The molecule has 0 radical (unpaired) electrons. The van der Waals surface area contributed by atoms with E-state index in [1.54, 1.807) is 12.4 Å². The molecule has 0 aliphatic carbocycles. The minimum absolute atomic E-state index is 0.197. The summed E-state index contributed by atoms with van der Waals surface area (Å²) in [5, 5.41) is 5.81. The predicted molar refractivity (Wildman–Crippen MR) is 105 cm³/mol. The largest absolute Gasteiger partial charge is 0.359 e. The molecule has 28 heavy (non-hydrogen) atoms. The van der Waals surface area contributed by atoms with E-state index in [0.717, 1.165) is 17.0 Å². The zero-order valence-corrected chi connectivity index (χ0v) is 15.6. The van der Waals surface area contributed by atoms with E-state index in [2.05, 4.69) is 20.1 Å². The van der Waals surface area contributed by atoms with Gasteiger partial charge in [0, 0.05) is 35.6 Å². The van der Waals surface area contributed by atoms with Crippen molar-refractivity contribution in [1.29, 1.82) is 0 Å². The molecule has 0 spiro atoms. The molecule has 5 heterocycles. The third kappa shape index (κ3) is 2.81. The first-order valence-corrected chi connectivity index (χ1v) is 9.43. The van der Waals surface area contributed by atoms with E-state index in [-0.39, 0.29) is 5.56 Å². The van der Waals surface area contributed by atoms with Gasteiger partial charge in [-0.15, -0.1) is 11.3 Å². The second-order valence-corrected chi connectivity index (χ2v) is 7.15. The van der Waals surface area contributed by atoms with Crippen molar-refractivity contribution in [1.82, 2.24) is 29.7 Å². The number of aromatic amines is 1. The lowest BCUT2D eigenvalue weighted by Crippen LogP contribution is -2.11. The molecule has 0 bridgehead atoms. The monoisotopic (exact) mass is 390 g/mol. The van der Waals surface area contributed by atoms with E-state index in [9.17, 15) is 4.79 Å². The molecule has 0 atom stereocenters. The normalized spacial score (nSPS) is 11.3. The predicted octanol–water partition coefficient (Wildman–Crippen LogP) is 3.25. The van der Waals surface area contributed by atoms with Gasteiger partial charge in [-0.1, -0.05) is 11.2 Å². The molecule has 0 amide bonds. The summed E-state index contributed by atoms with van der Waals surface area (Å²) in [6, 6.07) is 7.52. The molecule has 0 saturated heterocycles. The van der Waals surface area contributed by atoms with Crippen LogP contribution in [0, 0.1) is 6.92 Å². The van der Waals surface area contributed by atoms with Crippen molar-refractivity contribution < 1.29 is 4.52 Å². The van der Waals surface area contributed by atoms with Crippen molar-refractivity contribution in [3.05, 3.63) is 70.0 Å². The fraction of sp³-hybridized carbons (Fsp3) is 0.105. The van der Waals surface area contributed by atoms with Crippen molar-refractivity contribution in [3.8, 4) is 22.9 Å². The van der Waals surface area contributed by atoms with Crippen LogP contribution in [0.1, 0.15) is 11.5 Å². The Morgan fingerprint density at radius 3 is 2.96 bits per heavy atom. The maximum atomic E-state index is 12.6. The van der Waals surface area contributed by atoms with Crippen LogP contribution in [0.3, 0.4) is 0 Å². The number of nitrogens with zero attached hydrogens (tertiary/aromatic N) is 5. The fourth-order valence-corrected chi connectivity index (χ4v) is 3.94. The molecule has 5 aromatic rings. The van der Waals surface area contributed by atoms with Crippen molar-refractivity contribution in [2.45, 2.75) is 13.5 Å². The molecule has 8 nitrogen and oxygen atoms in total. The number of hydrogen-bond acceptors (Lipinski definition) is 7. The lowest BCUT2D eigenvalue weighted by molar-refractivity contribution is 0.373. The molecule has 0 aliphatic rings. The van der Waals surface area contributed by atoms with Crippen molar-refractivity contribution >= 4 is 21.6 Å². The number of rotatable bonds is 4. The zero-order valence-electron chi connectivity index (χ0n) is 14.8. The molecule has 0 aromatic carbocycles. The third-order valence-electron chi connectivity index (χ3n) is 4.30. The molecule has 5 rings (SSSR count). The number of aromatic nitrogens is 6. The van der Waals surface area contributed by atoms with Gasteiger partial charge < -0.3 is 14.1 Å². The van der Waals surface area contributed by atoms with E-state index in [1.807, 2.05) is 47.3 Å². The number of H-pyrrole nitrogens is 1. The van der Waals surface area contributed by atoms with Gasteiger partial charge in [0.05, 0.1) is 23.4 Å². The number of hydrogen-bond donors (Lipinski definition) is 1. The van der Waals surface area contributed by atoms with E-state index in [0.29, 0.717) is 34.2 Å². The van der Waals surface area contributed by atoms with Crippen molar-refractivity contribution in [2.24, 2.45) is 0 Å². The average Bonchev–Trinajstić information content (AvgIpc) is 3.43. The second-order valence-electron chi connectivity index (χ2n) is 6.27. The van der Waals surface area contributed by atoms with Crippen LogP contribution in [-0.2, 0) is 6.54 Å². The standard InChI is InChI=1S/C19H14N6O2S/c1-11-8-12(27-24-11)9-25-7-6-21-18(25)17-22-15-13(14-4-2-3-5-20-14)10-28-16(15)19(26)23-17/h2-8,10H,9H2,1H3,(H,22,23,26). The SMILES string of the molecule is Cc1cc(Cn2ccnc2-c2nc3c(-c4ccccn4)csc3c(=O)[nH]2)on1. The Balaban J connectivity index is 1.63. The Bertz CT molecular complexity index is 1330. The van der Waals surface area contributed by atoms with E-state index in [4.69, 9.17) is 9.51 Å². The average molecular weight is 390 g/mol. The lowest BCUT2D eigenvalue weighted by Gasteiger charge is -2.06. The molecule has 138 valence electrons. The number of fused-ring (bicyclic) bond motifs is 1. The molecule has 0 fully saturated rings. The van der Waals surface area contributed by atoms with Gasteiger partial charge in [-0.3, -0.25) is 9.78 Å². The Morgan fingerprint density at radius 1 is 1.25 bits per heavy atom. The molecule has 0 unspecified atom stereocenters. The summed E-state index contributed by atoms with van der Waals surface area (Å²) in [5.41, 5.74) is 2.84. The molecule has 9 heteroatoms. The Kier molecular flexibility index (Phi) is 3.87. The highest BCUT2D eigenvalue weighted by Gasteiger charge is 2.17. The zero-order chi connectivity index (χ0) is 19.1. The van der Waals surface area contributed by atoms with Gasteiger partial charge in [-0.05, 0) is 19.1 Å². The van der Waals surface area contributed by atoms with Gasteiger partial charge in [0.2, 0.25) is 0 Å². The Morgan fingerprint density at radius 2 is 2.18 bits per heavy atom. The first kappa shape index (κ1) is 16.6. The van der Waals surface area contributed by atoms with Crippen LogP contribution < -0.4 is 5.56 Å². The summed E-state index contributed by atoms with van der Waals surface area (Å²) in [5.74, 6) is 1.64. The summed E-state index contributed by atoms with van der Waals surface area (Å²) in [6.07, 6.45) is 5.19. The van der Waals surface area contributed by atoms with E-state index >= 15 is 0 Å². The quantitative estimate of drug-likeness (QED) is 0.505. The smallest absolute Gasteiger partial charge is 0.269 e. The Labute approximate surface area is 162 Å². The summed E-state index contributed by atoms with van der Waals surface area (Å²) in [6.45, 7) is 2.30. The van der Waals surface area contributed by atoms with Crippen LogP contribution in [0.2, 0.25) is 0 Å². The minimum Gasteiger partial charge on any atom is -0.359 e. The Hall–Kier alpha value is -3.59. The van der Waals surface area contributed by atoms with Gasteiger partial charge in [-0.2, -0.15) is 0 Å². The summed E-state index contributed by atoms with van der Waals surface area (Å²) in [4.78, 5) is 29.0. The fourth-order valence-electron chi connectivity index (χ4n) is 3.05. The van der Waals surface area contributed by atoms with Crippen LogP contribution in [0.15, 0.2) is 57.6 Å². The van der Waals surface area contributed by atoms with Gasteiger partial charge >= 0.3 is 0 Å². The van der Waals surface area contributed by atoms with Crippen LogP contribution in [0.5, 0.6) is 0 Å². The van der Waals surface area contributed by atoms with Crippen molar-refractivity contribution in [3.63, 3.8) is 0 Å². The lowest BCUT2D eigenvalue weighted by atomic mass is 10.2. The summed E-state index contributed by atoms with van der Waals surface area (Å²) < 4.78 is 7.71. The summed E-state index contributed by atoms with van der Waals surface area (Å²) >= 11 is 1.35. The number of pyridine rings is 1. The first-order chi connectivity index (χ1) is 13.7. The van der Waals surface area contributed by atoms with Gasteiger partial charge in [0.1, 0.15) is 4.70 Å². The molecule has 0 aliphatic heterocycles. The van der Waals surface area contributed by atoms with Gasteiger partial charge in [-0.25, -0.2) is 9.97 Å². The van der Waals surface area contributed by atoms with E-state index in [1.165, 1.54) is 11.3 Å². The van der Waals surface area contributed by atoms with Crippen LogP contribution in [0.25, 0.3) is 33.1 Å². The molecular weight excluding hydrogens is 376 g/mol. The number of aryl methyl sites for hydroxylation is 1. The van der Waals surface area contributed by atoms with Crippen LogP contribution >= 0.6 is 11.3 Å². The minimum atomic E-state index is -0.197. The molecule has 5 aromatic heterocycles. The van der Waals surface area contributed by atoms with Gasteiger partial charge in [0.25, 0.3) is 5.56 Å². The number of nitrogens with one attached hydrogen (secondary N) is 1. The maximum absolute atomic E-state index is 12.6. The number of thiophene rings is 1. The summed E-state index contributed by atoms with van der Waals surface area (Å²) in [7, 11) is 0. The van der Waals surface area contributed by atoms with Crippen molar-refractivity contribution in [2.75, 3.05) is 0 Å². The van der Waals surface area contributed by atoms with E-state index < -0.39 is 0 Å². The maximum Gasteiger partial charge on any atom is 0.269 e. The van der Waals surface area contributed by atoms with Crippen LogP contribution in [-0.4, -0.2) is 29.7 Å². The van der Waals surface area contributed by atoms with Crippen LogP contribution in [0.4, 0.5) is 0 Å². The highest BCUT2D eigenvalue weighted by Crippen LogP contribution is 2.30. The number of imidazole rings is 1. The topological polar surface area (TPSA) is 102 Å². The molecule has 0 saturated carbocycles. The molecular formula is C19H14N6O2S. The molecule has 1 N–H and O–H groups in total. The third-order valence-corrected chi connectivity index (χ3v) is 5.27. The van der Waals surface area contributed by atoms with Gasteiger partial charge in [0.15, 0.2) is 17.4 Å². The highest BCUT2D eigenvalue weighted by atomic mass is 32.1. The highest BCUT2D eigenvalue weighted by molar-refractivity contribution is 7.17. The second kappa shape index (κ2) is 6.54.